The molecule has 0 radical (unpaired) electrons. The molecule has 0 aliphatic carbocycles. The Morgan fingerprint density at radius 2 is 1.88 bits per heavy atom. The monoisotopic (exact) mass is 245 g/mol. The minimum absolute atomic E-state index is 0.0522. The van der Waals surface area contributed by atoms with Crippen molar-refractivity contribution in [3.8, 4) is 0 Å². The molecule has 3 N–H and O–H groups in total. The third kappa shape index (κ3) is 4.57. The molecule has 0 saturated heterocycles. The van der Waals surface area contributed by atoms with Gasteiger partial charge in [-0.05, 0) is 12.8 Å². The molecule has 0 aliphatic rings. The van der Waals surface area contributed by atoms with Crippen LogP contribution in [0.4, 0.5) is 0 Å². The van der Waals surface area contributed by atoms with E-state index in [1.54, 1.807) is 7.05 Å². The zero-order valence-corrected chi connectivity index (χ0v) is 10.8. The molecule has 6 heteroatoms. The third-order valence-electron chi connectivity index (χ3n) is 2.43. The number of rotatable bonds is 5. The number of nitrogens with two attached hydrogens (primary N) is 1. The van der Waals surface area contributed by atoms with Gasteiger partial charge in [-0.1, -0.05) is 26.1 Å². The van der Waals surface area contributed by atoms with Crippen molar-refractivity contribution in [3.05, 3.63) is 0 Å². The molecule has 0 spiro atoms. The normalized spacial score (nSPS) is 10.0. The van der Waals surface area contributed by atoms with E-state index >= 15 is 0 Å². The van der Waals surface area contributed by atoms with E-state index in [2.05, 4.69) is 17.5 Å². The Morgan fingerprint density at radius 3 is 2.25 bits per heavy atom. The Bertz CT molecular complexity index is 277. The minimum Gasteiger partial charge on any atom is -0.392 e. The maximum absolute atomic E-state index is 11.6. The highest BCUT2D eigenvalue weighted by Crippen LogP contribution is 2.05. The predicted molar refractivity (Wildman–Crippen MR) is 66.9 cm³/mol. The fraction of sp³-hybridized carbons (Fsp3) is 0.700. The van der Waals surface area contributed by atoms with Crippen molar-refractivity contribution < 1.29 is 9.59 Å². The molecule has 16 heavy (non-hydrogen) atoms. The summed E-state index contributed by atoms with van der Waals surface area (Å²) in [6.07, 6.45) is 1.64. The first-order chi connectivity index (χ1) is 7.43. The lowest BCUT2D eigenvalue weighted by Crippen LogP contribution is -2.47. The fourth-order valence-corrected chi connectivity index (χ4v) is 1.48. The molecule has 0 atom stereocenters. The molecule has 0 heterocycles. The van der Waals surface area contributed by atoms with Crippen LogP contribution >= 0.6 is 12.2 Å². The fourth-order valence-electron chi connectivity index (χ4n) is 1.41. The van der Waals surface area contributed by atoms with Gasteiger partial charge in [0.2, 0.25) is 0 Å². The van der Waals surface area contributed by atoms with Crippen molar-refractivity contribution in [2.75, 3.05) is 13.6 Å². The number of thiocarbonyl (C=S) groups is 1. The topological polar surface area (TPSA) is 75.4 Å². The second kappa shape index (κ2) is 7.16. The Labute approximate surface area is 101 Å². The maximum atomic E-state index is 11.6. The molecule has 0 unspecified atom stereocenters. The lowest BCUT2D eigenvalue weighted by molar-refractivity contribution is -0.146. The van der Waals surface area contributed by atoms with Gasteiger partial charge < -0.3 is 16.0 Å². The summed E-state index contributed by atoms with van der Waals surface area (Å²) in [6.45, 7) is 4.01. The number of carbonyl (C=O) groups excluding carboxylic acids is 2. The van der Waals surface area contributed by atoms with Crippen molar-refractivity contribution in [1.82, 2.24) is 10.2 Å². The van der Waals surface area contributed by atoms with Crippen LogP contribution in [0.15, 0.2) is 0 Å². The highest BCUT2D eigenvalue weighted by Gasteiger charge is 2.22. The predicted octanol–water partition coefficient (Wildman–Crippen LogP) is 0.0357. The average molecular weight is 245 g/mol. The van der Waals surface area contributed by atoms with E-state index in [1.165, 1.54) is 4.90 Å². The number of likely N-dealkylation sites (N-methyl/N-ethyl adjacent to an activating group) is 1. The number of hydrogen-bond donors (Lipinski definition) is 2. The molecule has 0 saturated carbocycles. The molecule has 0 aromatic rings. The lowest BCUT2D eigenvalue weighted by Gasteiger charge is -2.25. The highest BCUT2D eigenvalue weighted by atomic mass is 32.1. The summed E-state index contributed by atoms with van der Waals surface area (Å²) in [5.41, 5.74) is 5.22. The zero-order valence-electron chi connectivity index (χ0n) is 9.95. The second-order valence-corrected chi connectivity index (χ2v) is 4.06. The van der Waals surface area contributed by atoms with Gasteiger partial charge in [0.15, 0.2) is 0 Å². The van der Waals surface area contributed by atoms with Gasteiger partial charge in [0.05, 0.1) is 11.5 Å². The van der Waals surface area contributed by atoms with Crippen LogP contribution in [0.1, 0.15) is 26.7 Å². The molecule has 0 aromatic heterocycles. The number of hydrogen-bond acceptors (Lipinski definition) is 3. The molecule has 92 valence electrons. The van der Waals surface area contributed by atoms with Gasteiger partial charge in [0.25, 0.3) is 0 Å². The molecule has 0 fully saturated rings. The Kier molecular flexibility index (Phi) is 6.64. The molecule has 0 aromatic carbocycles. The van der Waals surface area contributed by atoms with E-state index in [0.717, 1.165) is 12.8 Å². The average Bonchev–Trinajstić information content (AvgIpc) is 2.26. The van der Waals surface area contributed by atoms with Crippen LogP contribution in [-0.2, 0) is 9.59 Å². The molecule has 5 nitrogen and oxygen atoms in total. The van der Waals surface area contributed by atoms with Crippen LogP contribution in [-0.4, -0.2) is 41.3 Å². The molecule has 0 bridgehead atoms. The quantitative estimate of drug-likeness (QED) is 0.529. The van der Waals surface area contributed by atoms with Crippen molar-refractivity contribution in [3.63, 3.8) is 0 Å². The molecule has 2 amide bonds. The first kappa shape index (κ1) is 14.8. The van der Waals surface area contributed by atoms with Crippen molar-refractivity contribution >= 4 is 29.0 Å². The van der Waals surface area contributed by atoms with E-state index in [4.69, 9.17) is 5.73 Å². The summed E-state index contributed by atoms with van der Waals surface area (Å²) in [5.74, 6) is -1.22. The van der Waals surface area contributed by atoms with Gasteiger partial charge >= 0.3 is 11.8 Å². The van der Waals surface area contributed by atoms with E-state index < -0.39 is 11.8 Å². The Balaban J connectivity index is 4.31. The summed E-state index contributed by atoms with van der Waals surface area (Å²) < 4.78 is 0. The first-order valence-electron chi connectivity index (χ1n) is 5.27. The standard InChI is InChI=1S/C10H19N3O2S/c1-4-7(5-2)13(3)10(15)9(14)12-6-8(11)16/h7H,4-6H2,1-3H3,(H2,11,16)(H,12,14). The smallest absolute Gasteiger partial charge is 0.311 e. The molecular weight excluding hydrogens is 226 g/mol. The van der Waals surface area contributed by atoms with Gasteiger partial charge in [-0.15, -0.1) is 0 Å². The van der Waals surface area contributed by atoms with Crippen LogP contribution in [0.25, 0.3) is 0 Å². The van der Waals surface area contributed by atoms with Gasteiger partial charge in [-0.25, -0.2) is 0 Å². The number of amides is 2. The van der Waals surface area contributed by atoms with Crippen LogP contribution in [0.2, 0.25) is 0 Å². The van der Waals surface area contributed by atoms with Gasteiger partial charge in [-0.3, -0.25) is 9.59 Å². The van der Waals surface area contributed by atoms with Crippen molar-refractivity contribution in [1.29, 1.82) is 0 Å². The van der Waals surface area contributed by atoms with Gasteiger partial charge in [0.1, 0.15) is 0 Å². The number of carbonyl (C=O) groups is 2. The minimum atomic E-state index is -0.665. The summed E-state index contributed by atoms with van der Waals surface area (Å²) in [6, 6.07) is 0.0862. The Hall–Kier alpha value is -1.17. The summed E-state index contributed by atoms with van der Waals surface area (Å²) in [5, 5.41) is 2.37. The van der Waals surface area contributed by atoms with Crippen LogP contribution in [0, 0.1) is 0 Å². The number of nitrogens with one attached hydrogen (secondary N) is 1. The van der Waals surface area contributed by atoms with Crippen molar-refractivity contribution in [2.45, 2.75) is 32.7 Å². The molecular formula is C10H19N3O2S. The maximum Gasteiger partial charge on any atom is 0.311 e. The van der Waals surface area contributed by atoms with Gasteiger partial charge in [-0.2, -0.15) is 0 Å². The summed E-state index contributed by atoms with van der Waals surface area (Å²) in [4.78, 5) is 24.7. The second-order valence-electron chi connectivity index (χ2n) is 3.54. The molecule has 0 aliphatic heterocycles. The molecule has 0 rings (SSSR count). The van der Waals surface area contributed by atoms with E-state index in [1.807, 2.05) is 13.8 Å². The highest BCUT2D eigenvalue weighted by molar-refractivity contribution is 7.80. The van der Waals surface area contributed by atoms with Crippen molar-refractivity contribution in [2.24, 2.45) is 5.73 Å². The lowest BCUT2D eigenvalue weighted by atomic mass is 10.1. The number of nitrogens with zero attached hydrogens (tertiary/aromatic N) is 1. The Morgan fingerprint density at radius 1 is 1.38 bits per heavy atom. The van der Waals surface area contributed by atoms with Crippen LogP contribution in [0.3, 0.4) is 0 Å². The van der Waals surface area contributed by atoms with Gasteiger partial charge in [0, 0.05) is 13.1 Å². The first-order valence-corrected chi connectivity index (χ1v) is 5.68. The summed E-state index contributed by atoms with van der Waals surface area (Å²) in [7, 11) is 1.63. The third-order valence-corrected chi connectivity index (χ3v) is 2.57. The van der Waals surface area contributed by atoms with E-state index in [9.17, 15) is 9.59 Å². The summed E-state index contributed by atoms with van der Waals surface area (Å²) >= 11 is 4.60. The van der Waals surface area contributed by atoms with Crippen LogP contribution in [0.5, 0.6) is 0 Å². The van der Waals surface area contributed by atoms with Crippen LogP contribution < -0.4 is 11.1 Å². The van der Waals surface area contributed by atoms with E-state index in [-0.39, 0.29) is 17.6 Å². The SMILES string of the molecule is CCC(CC)N(C)C(=O)C(=O)NCC(N)=S. The van der Waals surface area contributed by atoms with E-state index in [0.29, 0.717) is 0 Å². The zero-order chi connectivity index (χ0) is 12.7. The largest absolute Gasteiger partial charge is 0.392 e.